The summed E-state index contributed by atoms with van der Waals surface area (Å²) in [5, 5.41) is 7.50. The summed E-state index contributed by atoms with van der Waals surface area (Å²) in [7, 11) is 0. The number of carbonyl (C=O) groups is 2. The molecule has 0 aromatic rings. The van der Waals surface area contributed by atoms with Crippen LogP contribution in [0.25, 0.3) is 0 Å². The summed E-state index contributed by atoms with van der Waals surface area (Å²) >= 11 is 3.74. The number of carbonyl (C=O) groups excluding carboxylic acids is 1. The van der Waals surface area contributed by atoms with Crippen molar-refractivity contribution in [2.24, 2.45) is 5.92 Å². The van der Waals surface area contributed by atoms with Gasteiger partial charge >= 0.3 is 5.97 Å². The molecule has 0 aliphatic carbocycles. The van der Waals surface area contributed by atoms with Crippen molar-refractivity contribution in [3.8, 4) is 0 Å². The summed E-state index contributed by atoms with van der Waals surface area (Å²) in [6, 6.07) is 0. The third kappa shape index (κ3) is 2.39. The highest BCUT2D eigenvalue weighted by Gasteiger charge is 2.23. The van der Waals surface area contributed by atoms with Gasteiger partial charge in [-0.25, -0.2) is 0 Å². The van der Waals surface area contributed by atoms with Gasteiger partial charge in [-0.3, -0.25) is 9.59 Å². The van der Waals surface area contributed by atoms with Gasteiger partial charge in [0.25, 0.3) is 0 Å². The van der Waals surface area contributed by atoms with Crippen LogP contribution < -0.4 is 0 Å². The van der Waals surface area contributed by atoms with Crippen LogP contribution in [0.2, 0.25) is 0 Å². The van der Waals surface area contributed by atoms with E-state index in [2.05, 4.69) is 12.6 Å². The van der Waals surface area contributed by atoms with Gasteiger partial charge in [-0.2, -0.15) is 12.6 Å². The predicted octanol–water partition coefficient (Wildman–Crippen LogP) is 0.595. The second kappa shape index (κ2) is 3.61. The van der Waals surface area contributed by atoms with Gasteiger partial charge in [-0.05, 0) is 6.92 Å². The Morgan fingerprint density at radius 3 is 2.00 bits per heavy atom. The van der Waals surface area contributed by atoms with Crippen molar-refractivity contribution in [2.45, 2.75) is 19.1 Å². The van der Waals surface area contributed by atoms with E-state index in [1.54, 1.807) is 6.92 Å². The molecule has 0 radical (unpaired) electrons. The Morgan fingerprint density at radius 1 is 1.50 bits per heavy atom. The summed E-state index contributed by atoms with van der Waals surface area (Å²) in [6.45, 7) is 2.91. The van der Waals surface area contributed by atoms with Crippen molar-refractivity contribution in [3.05, 3.63) is 0 Å². The molecule has 0 aliphatic rings. The van der Waals surface area contributed by atoms with E-state index in [-0.39, 0.29) is 5.78 Å². The Kier molecular flexibility index (Phi) is 3.42. The number of carboxylic acids is 1. The molecule has 0 rings (SSSR count). The largest absolute Gasteiger partial charge is 0.480 e. The van der Waals surface area contributed by atoms with Gasteiger partial charge in [-0.15, -0.1) is 0 Å². The third-order valence-corrected chi connectivity index (χ3v) is 2.04. The van der Waals surface area contributed by atoms with E-state index in [4.69, 9.17) is 5.11 Å². The SMILES string of the molecule is CC(=O)C(C)C(S)C(=O)O. The molecular weight excluding hydrogens is 152 g/mol. The fourth-order valence-electron chi connectivity index (χ4n) is 0.436. The molecule has 0 saturated heterocycles. The molecule has 0 aromatic heterocycles. The third-order valence-electron chi connectivity index (χ3n) is 1.37. The summed E-state index contributed by atoms with van der Waals surface area (Å²) < 4.78 is 0. The number of ketones is 1. The second-order valence-corrected chi connectivity index (χ2v) is 2.74. The van der Waals surface area contributed by atoms with Gasteiger partial charge in [0.15, 0.2) is 0 Å². The standard InChI is InChI=1S/C6H10O3S/c1-3(4(2)7)5(10)6(8)9/h3,5,10H,1-2H3,(H,8,9). The van der Waals surface area contributed by atoms with Crippen molar-refractivity contribution in [1.29, 1.82) is 0 Å². The van der Waals surface area contributed by atoms with Crippen LogP contribution in [0.5, 0.6) is 0 Å². The molecule has 0 spiro atoms. The molecule has 0 heterocycles. The van der Waals surface area contributed by atoms with Crippen molar-refractivity contribution < 1.29 is 14.7 Å². The molecule has 0 aromatic carbocycles. The van der Waals surface area contributed by atoms with E-state index in [0.717, 1.165) is 0 Å². The maximum atomic E-state index is 10.6. The highest BCUT2D eigenvalue weighted by molar-refractivity contribution is 7.81. The summed E-state index contributed by atoms with van der Waals surface area (Å²) in [6.07, 6.45) is 0. The van der Waals surface area contributed by atoms with Crippen molar-refractivity contribution in [2.75, 3.05) is 0 Å². The van der Waals surface area contributed by atoms with Crippen LogP contribution in [0.1, 0.15) is 13.8 Å². The smallest absolute Gasteiger partial charge is 0.317 e. The number of rotatable bonds is 3. The minimum atomic E-state index is -1.05. The first-order valence-corrected chi connectivity index (χ1v) is 3.39. The molecular formula is C6H10O3S. The van der Waals surface area contributed by atoms with E-state index in [9.17, 15) is 9.59 Å². The maximum absolute atomic E-state index is 10.6. The van der Waals surface area contributed by atoms with Gasteiger partial charge in [0.2, 0.25) is 0 Å². The van der Waals surface area contributed by atoms with E-state index in [1.165, 1.54) is 6.92 Å². The molecule has 58 valence electrons. The number of Topliss-reactive ketones (excluding diaryl/α,β-unsaturated/α-hetero) is 1. The Hall–Kier alpha value is -0.510. The molecule has 4 heteroatoms. The zero-order valence-electron chi connectivity index (χ0n) is 5.87. The average Bonchev–Trinajstić information content (AvgIpc) is 1.84. The first kappa shape index (κ1) is 9.49. The Bertz CT molecular complexity index is 137. The molecule has 1 N–H and O–H groups in total. The van der Waals surface area contributed by atoms with Crippen LogP contribution in [0.3, 0.4) is 0 Å². The predicted molar refractivity (Wildman–Crippen MR) is 40.3 cm³/mol. The lowest BCUT2D eigenvalue weighted by atomic mass is 10.0. The number of thiol groups is 1. The number of hydrogen-bond acceptors (Lipinski definition) is 3. The monoisotopic (exact) mass is 162 g/mol. The Balaban J connectivity index is 4.07. The van der Waals surface area contributed by atoms with Crippen LogP contribution in [-0.4, -0.2) is 22.1 Å². The first-order chi connectivity index (χ1) is 4.46. The molecule has 0 aliphatic heterocycles. The van der Waals surface area contributed by atoms with Crippen LogP contribution >= 0.6 is 12.6 Å². The number of aliphatic carboxylic acids is 1. The lowest BCUT2D eigenvalue weighted by molar-refractivity contribution is -0.139. The van der Waals surface area contributed by atoms with Crippen LogP contribution in [0.15, 0.2) is 0 Å². The van der Waals surface area contributed by atoms with Gasteiger partial charge < -0.3 is 5.11 Å². The van der Waals surface area contributed by atoms with Gasteiger partial charge in [-0.1, -0.05) is 6.92 Å². The van der Waals surface area contributed by atoms with E-state index in [0.29, 0.717) is 0 Å². The van der Waals surface area contributed by atoms with Gasteiger partial charge in [0.05, 0.1) is 0 Å². The minimum Gasteiger partial charge on any atom is -0.480 e. The molecule has 0 saturated carbocycles. The fourth-order valence-corrected chi connectivity index (χ4v) is 0.646. The van der Waals surface area contributed by atoms with Crippen LogP contribution in [-0.2, 0) is 9.59 Å². The summed E-state index contributed by atoms with van der Waals surface area (Å²) in [5.41, 5.74) is 0. The number of hydrogen-bond donors (Lipinski definition) is 2. The molecule has 10 heavy (non-hydrogen) atoms. The Labute approximate surface area is 64.8 Å². The summed E-state index contributed by atoms with van der Waals surface area (Å²) in [4.78, 5) is 20.8. The lowest BCUT2D eigenvalue weighted by Crippen LogP contribution is -2.26. The highest BCUT2D eigenvalue weighted by Crippen LogP contribution is 2.10. The van der Waals surface area contributed by atoms with Crippen molar-refractivity contribution in [3.63, 3.8) is 0 Å². The Morgan fingerprint density at radius 2 is 1.90 bits per heavy atom. The average molecular weight is 162 g/mol. The normalized spacial score (nSPS) is 15.9. The van der Waals surface area contributed by atoms with Crippen molar-refractivity contribution in [1.82, 2.24) is 0 Å². The molecule has 0 fully saturated rings. The maximum Gasteiger partial charge on any atom is 0.317 e. The summed E-state index contributed by atoms with van der Waals surface area (Å²) in [5.74, 6) is -1.71. The van der Waals surface area contributed by atoms with E-state index >= 15 is 0 Å². The molecule has 2 atom stereocenters. The van der Waals surface area contributed by atoms with Gasteiger partial charge in [0, 0.05) is 5.92 Å². The zero-order chi connectivity index (χ0) is 8.31. The highest BCUT2D eigenvalue weighted by atomic mass is 32.1. The van der Waals surface area contributed by atoms with Crippen LogP contribution in [0, 0.1) is 5.92 Å². The quantitative estimate of drug-likeness (QED) is 0.597. The van der Waals surface area contributed by atoms with Gasteiger partial charge in [0.1, 0.15) is 11.0 Å². The van der Waals surface area contributed by atoms with E-state index < -0.39 is 17.1 Å². The fraction of sp³-hybridized carbons (Fsp3) is 0.667. The first-order valence-electron chi connectivity index (χ1n) is 2.88. The zero-order valence-corrected chi connectivity index (χ0v) is 6.76. The van der Waals surface area contributed by atoms with E-state index in [1.807, 2.05) is 0 Å². The molecule has 3 nitrogen and oxygen atoms in total. The molecule has 0 bridgehead atoms. The molecule has 0 amide bonds. The number of carboxylic acid groups (broad SMARTS) is 1. The van der Waals surface area contributed by atoms with Crippen molar-refractivity contribution >= 4 is 24.4 Å². The lowest BCUT2D eigenvalue weighted by Gasteiger charge is -2.10. The minimum absolute atomic E-state index is 0.151. The second-order valence-electron chi connectivity index (χ2n) is 2.18. The topological polar surface area (TPSA) is 54.4 Å². The molecule has 2 unspecified atom stereocenters. The van der Waals surface area contributed by atoms with Crippen LogP contribution in [0.4, 0.5) is 0 Å².